The first-order valence-electron chi connectivity index (χ1n) is 9.26. The summed E-state index contributed by atoms with van der Waals surface area (Å²) in [6.07, 6.45) is 1.51. The van der Waals surface area contributed by atoms with Crippen LogP contribution in [0.5, 0.6) is 0 Å². The molecular weight excluding hydrogens is 438 g/mol. The van der Waals surface area contributed by atoms with Crippen LogP contribution in [0.25, 0.3) is 11.0 Å². The molecule has 2 aromatic heterocycles. The molecule has 2 aromatic carbocycles. The van der Waals surface area contributed by atoms with Gasteiger partial charge in [-0.3, -0.25) is 9.52 Å². The first-order chi connectivity index (χ1) is 15.3. The van der Waals surface area contributed by atoms with Crippen molar-refractivity contribution >= 4 is 44.4 Å². The van der Waals surface area contributed by atoms with E-state index in [9.17, 15) is 18.0 Å². The van der Waals surface area contributed by atoms with Crippen LogP contribution >= 0.6 is 0 Å². The second-order valence-electron chi connectivity index (χ2n) is 6.71. The lowest BCUT2D eigenvalue weighted by molar-refractivity contribution is -0.119. The van der Waals surface area contributed by atoms with E-state index in [1.165, 1.54) is 36.7 Å². The van der Waals surface area contributed by atoms with Crippen LogP contribution in [0.1, 0.15) is 16.1 Å². The summed E-state index contributed by atoms with van der Waals surface area (Å²) in [6.45, 7) is 1.13. The van der Waals surface area contributed by atoms with Crippen molar-refractivity contribution in [2.24, 2.45) is 0 Å². The van der Waals surface area contributed by atoms with Crippen LogP contribution in [0, 0.1) is 6.92 Å². The number of benzene rings is 2. The molecule has 0 aliphatic rings. The summed E-state index contributed by atoms with van der Waals surface area (Å²) in [6, 6.07) is 11.7. The molecule has 4 aromatic rings. The normalized spacial score (nSPS) is 11.3. The van der Waals surface area contributed by atoms with E-state index >= 15 is 0 Å². The lowest BCUT2D eigenvalue weighted by Gasteiger charge is -2.08. The van der Waals surface area contributed by atoms with Gasteiger partial charge in [-0.05, 0) is 49.4 Å². The van der Waals surface area contributed by atoms with Crippen molar-refractivity contribution in [2.75, 3.05) is 16.6 Å². The molecule has 0 aliphatic carbocycles. The third-order valence-electron chi connectivity index (χ3n) is 4.31. The number of rotatable bonds is 7. The van der Waals surface area contributed by atoms with Gasteiger partial charge in [0.1, 0.15) is 5.76 Å². The van der Waals surface area contributed by atoms with Gasteiger partial charge in [0.05, 0.1) is 27.8 Å². The van der Waals surface area contributed by atoms with Gasteiger partial charge < -0.3 is 19.6 Å². The Hall–Kier alpha value is -4.19. The Kier molecular flexibility index (Phi) is 5.60. The Morgan fingerprint density at radius 3 is 2.62 bits per heavy atom. The lowest BCUT2D eigenvalue weighted by atomic mass is 10.2. The Balaban J connectivity index is 1.32. The van der Waals surface area contributed by atoms with E-state index in [-0.39, 0.29) is 16.3 Å². The molecule has 11 nitrogen and oxygen atoms in total. The molecule has 32 heavy (non-hydrogen) atoms. The molecular formula is C20H17N5O6S. The molecule has 0 bridgehead atoms. The fraction of sp³-hybridized carbons (Fsp3) is 0.100. The Morgan fingerprint density at radius 1 is 1.12 bits per heavy atom. The molecule has 1 amide bonds. The molecule has 0 atom stereocenters. The van der Waals surface area contributed by atoms with Gasteiger partial charge >= 0.3 is 5.97 Å². The first kappa shape index (κ1) is 21.1. The second-order valence-corrected chi connectivity index (χ2v) is 8.39. The van der Waals surface area contributed by atoms with Crippen LogP contribution in [0.15, 0.2) is 64.3 Å². The van der Waals surface area contributed by atoms with Crippen molar-refractivity contribution in [3.05, 3.63) is 66.2 Å². The number of aromatic amines is 1. The highest BCUT2D eigenvalue weighted by Crippen LogP contribution is 2.18. The van der Waals surface area contributed by atoms with Gasteiger partial charge in [-0.1, -0.05) is 5.16 Å². The zero-order valence-corrected chi connectivity index (χ0v) is 17.5. The van der Waals surface area contributed by atoms with E-state index in [0.717, 1.165) is 0 Å². The van der Waals surface area contributed by atoms with Gasteiger partial charge in [0.15, 0.2) is 12.4 Å². The molecule has 0 saturated heterocycles. The molecule has 3 N–H and O–H groups in total. The summed E-state index contributed by atoms with van der Waals surface area (Å²) in [4.78, 5) is 31.2. The quantitative estimate of drug-likeness (QED) is 0.359. The number of fused-ring (bicyclic) bond motifs is 1. The molecule has 0 fully saturated rings. The minimum absolute atomic E-state index is 0.0308. The number of anilines is 2. The van der Waals surface area contributed by atoms with Crippen LogP contribution in [-0.2, 0) is 19.6 Å². The van der Waals surface area contributed by atoms with Gasteiger partial charge in [0.2, 0.25) is 0 Å². The SMILES string of the molecule is Cc1cc(NS(=O)(=O)c2ccc(NC(=O)COC(=O)c3ccc4nc[nH]c4c3)cc2)no1. The molecule has 12 heteroatoms. The van der Waals surface area contributed by atoms with Crippen LogP contribution in [0.2, 0.25) is 0 Å². The van der Waals surface area contributed by atoms with Gasteiger partial charge in [-0.2, -0.15) is 0 Å². The largest absolute Gasteiger partial charge is 0.452 e. The fourth-order valence-electron chi connectivity index (χ4n) is 2.80. The number of nitrogens with zero attached hydrogens (tertiary/aromatic N) is 2. The number of aryl methyl sites for hydroxylation is 1. The van der Waals surface area contributed by atoms with Crippen molar-refractivity contribution in [1.82, 2.24) is 15.1 Å². The van der Waals surface area contributed by atoms with E-state index in [1.54, 1.807) is 25.1 Å². The smallest absolute Gasteiger partial charge is 0.338 e. The standard InChI is InChI=1S/C20H17N5O6S/c1-12-8-18(24-31-12)25-32(28,29)15-5-3-14(4-6-15)23-19(26)10-30-20(27)13-2-7-16-17(9-13)22-11-21-16/h2-9,11H,10H2,1H3,(H,21,22)(H,23,26)(H,24,25). The highest BCUT2D eigenvalue weighted by molar-refractivity contribution is 7.92. The lowest BCUT2D eigenvalue weighted by Crippen LogP contribution is -2.21. The minimum Gasteiger partial charge on any atom is -0.452 e. The van der Waals surface area contributed by atoms with E-state index in [2.05, 4.69) is 25.2 Å². The molecule has 164 valence electrons. The van der Waals surface area contributed by atoms with E-state index < -0.39 is 28.5 Å². The maximum absolute atomic E-state index is 12.4. The van der Waals surface area contributed by atoms with Gasteiger partial charge in [-0.25, -0.2) is 18.2 Å². The third-order valence-corrected chi connectivity index (χ3v) is 5.68. The van der Waals surface area contributed by atoms with Crippen LogP contribution in [-0.4, -0.2) is 42.0 Å². The van der Waals surface area contributed by atoms with Gasteiger partial charge in [0.25, 0.3) is 15.9 Å². The number of esters is 1. The number of aromatic nitrogens is 3. The van der Waals surface area contributed by atoms with Crippen molar-refractivity contribution in [2.45, 2.75) is 11.8 Å². The number of sulfonamides is 1. The highest BCUT2D eigenvalue weighted by atomic mass is 32.2. The van der Waals surface area contributed by atoms with Crippen molar-refractivity contribution in [3.8, 4) is 0 Å². The number of nitrogens with one attached hydrogen (secondary N) is 3. The molecule has 0 unspecified atom stereocenters. The monoisotopic (exact) mass is 455 g/mol. The molecule has 0 spiro atoms. The molecule has 0 aliphatic heterocycles. The maximum Gasteiger partial charge on any atom is 0.338 e. The maximum atomic E-state index is 12.4. The van der Waals surface area contributed by atoms with Crippen molar-refractivity contribution < 1.29 is 27.3 Å². The second kappa shape index (κ2) is 8.51. The summed E-state index contributed by atoms with van der Waals surface area (Å²) in [5.74, 6) is -0.711. The number of H-pyrrole nitrogens is 1. The van der Waals surface area contributed by atoms with Gasteiger partial charge in [0, 0.05) is 11.8 Å². The van der Waals surface area contributed by atoms with Crippen LogP contribution in [0.3, 0.4) is 0 Å². The third kappa shape index (κ3) is 4.75. The molecule has 2 heterocycles. The zero-order valence-electron chi connectivity index (χ0n) is 16.7. The summed E-state index contributed by atoms with van der Waals surface area (Å²) >= 11 is 0. The number of imidazole rings is 1. The summed E-state index contributed by atoms with van der Waals surface area (Å²) in [5, 5.41) is 6.11. The number of hydrogen-bond acceptors (Lipinski definition) is 8. The predicted octanol–water partition coefficient (Wildman–Crippen LogP) is 2.46. The van der Waals surface area contributed by atoms with Crippen molar-refractivity contribution in [1.29, 1.82) is 0 Å². The summed E-state index contributed by atoms with van der Waals surface area (Å²) in [7, 11) is -3.87. The number of carbonyl (C=O) groups is 2. The Labute approximate surface area is 181 Å². The summed E-state index contributed by atoms with van der Waals surface area (Å²) in [5.41, 5.74) is 1.99. The number of carbonyl (C=O) groups excluding carboxylic acids is 2. The van der Waals surface area contributed by atoms with E-state index in [4.69, 9.17) is 9.26 Å². The van der Waals surface area contributed by atoms with Crippen LogP contribution < -0.4 is 10.0 Å². The summed E-state index contributed by atoms with van der Waals surface area (Å²) < 4.78 is 36.9. The molecule has 4 rings (SSSR count). The molecule has 0 radical (unpaired) electrons. The first-order valence-corrected chi connectivity index (χ1v) is 10.7. The number of amides is 1. The minimum atomic E-state index is -3.87. The average Bonchev–Trinajstić information content (AvgIpc) is 3.40. The predicted molar refractivity (Wildman–Crippen MR) is 113 cm³/mol. The number of ether oxygens (including phenoxy) is 1. The van der Waals surface area contributed by atoms with Crippen molar-refractivity contribution in [3.63, 3.8) is 0 Å². The van der Waals surface area contributed by atoms with Gasteiger partial charge in [-0.15, -0.1) is 0 Å². The Bertz CT molecular complexity index is 1390. The van der Waals surface area contributed by atoms with E-state index in [0.29, 0.717) is 22.5 Å². The highest BCUT2D eigenvalue weighted by Gasteiger charge is 2.17. The topological polar surface area (TPSA) is 156 Å². The van der Waals surface area contributed by atoms with E-state index in [1.807, 2.05) is 0 Å². The fourth-order valence-corrected chi connectivity index (χ4v) is 3.79. The average molecular weight is 455 g/mol. The Morgan fingerprint density at radius 2 is 1.91 bits per heavy atom. The van der Waals surface area contributed by atoms with Crippen LogP contribution in [0.4, 0.5) is 11.5 Å². The number of hydrogen-bond donors (Lipinski definition) is 3. The zero-order chi connectivity index (χ0) is 22.7. The molecule has 0 saturated carbocycles.